The van der Waals surface area contributed by atoms with E-state index in [9.17, 15) is 5.26 Å². The summed E-state index contributed by atoms with van der Waals surface area (Å²) in [6.45, 7) is 0. The van der Waals surface area contributed by atoms with Gasteiger partial charge in [0, 0.05) is 36.9 Å². The van der Waals surface area contributed by atoms with Gasteiger partial charge in [-0.2, -0.15) is 5.26 Å². The number of nitrogens with zero attached hydrogens (tertiary/aromatic N) is 3. The van der Waals surface area contributed by atoms with E-state index < -0.39 is 0 Å². The Morgan fingerprint density at radius 2 is 2.32 bits per heavy atom. The number of anilines is 1. The minimum absolute atomic E-state index is 0.491. The predicted octanol–water partition coefficient (Wildman–Crippen LogP) is 1.62. The number of aromatic amines is 1. The molecule has 0 atom stereocenters. The standard InChI is InChI=1S/C14H17N5/c1-16-10-5-11(6-10)19(2)13-9(7-15)8-18-14-12(13)3-4-17-14/h3-4,8,10-11,16H,5-6H2,1-2H3,(H,17,18)/t10-,11+. The molecule has 1 aliphatic carbocycles. The summed E-state index contributed by atoms with van der Waals surface area (Å²) in [7, 11) is 4.07. The van der Waals surface area contributed by atoms with Crippen LogP contribution in [0.25, 0.3) is 11.0 Å². The second-order valence-corrected chi connectivity index (χ2v) is 5.09. The maximum absolute atomic E-state index is 9.30. The zero-order valence-electron chi connectivity index (χ0n) is 11.1. The molecule has 0 aliphatic heterocycles. The topological polar surface area (TPSA) is 67.7 Å². The maximum atomic E-state index is 9.30. The minimum Gasteiger partial charge on any atom is -0.370 e. The van der Waals surface area contributed by atoms with Gasteiger partial charge in [0.2, 0.25) is 0 Å². The van der Waals surface area contributed by atoms with Crippen LogP contribution < -0.4 is 10.2 Å². The average molecular weight is 255 g/mol. The van der Waals surface area contributed by atoms with Crippen molar-refractivity contribution in [3.63, 3.8) is 0 Å². The van der Waals surface area contributed by atoms with E-state index in [4.69, 9.17) is 0 Å². The molecule has 2 N–H and O–H groups in total. The summed E-state index contributed by atoms with van der Waals surface area (Å²) in [6, 6.07) is 5.33. The van der Waals surface area contributed by atoms with Gasteiger partial charge in [-0.05, 0) is 26.0 Å². The Kier molecular flexibility index (Phi) is 2.88. The van der Waals surface area contributed by atoms with Crippen LogP contribution in [-0.4, -0.2) is 36.1 Å². The molecule has 1 fully saturated rings. The zero-order valence-corrected chi connectivity index (χ0v) is 11.1. The molecule has 0 saturated heterocycles. The average Bonchev–Trinajstić information content (AvgIpc) is 2.84. The van der Waals surface area contributed by atoms with E-state index in [-0.39, 0.29) is 0 Å². The van der Waals surface area contributed by atoms with Crippen LogP contribution in [0, 0.1) is 11.3 Å². The van der Waals surface area contributed by atoms with E-state index in [1.165, 1.54) is 0 Å². The van der Waals surface area contributed by atoms with E-state index >= 15 is 0 Å². The van der Waals surface area contributed by atoms with Crippen LogP contribution in [0.1, 0.15) is 18.4 Å². The zero-order chi connectivity index (χ0) is 13.4. The molecule has 0 bridgehead atoms. The summed E-state index contributed by atoms with van der Waals surface area (Å²) < 4.78 is 0. The number of hydrogen-bond donors (Lipinski definition) is 2. The van der Waals surface area contributed by atoms with Crippen molar-refractivity contribution in [2.75, 3.05) is 19.0 Å². The Balaban J connectivity index is 1.99. The van der Waals surface area contributed by atoms with Gasteiger partial charge in [0.25, 0.3) is 0 Å². The lowest BCUT2D eigenvalue weighted by atomic mass is 9.85. The van der Waals surface area contributed by atoms with Crippen molar-refractivity contribution in [2.45, 2.75) is 24.9 Å². The highest BCUT2D eigenvalue weighted by atomic mass is 15.2. The first-order valence-electron chi connectivity index (χ1n) is 6.51. The van der Waals surface area contributed by atoms with E-state index in [1.807, 2.05) is 19.3 Å². The lowest BCUT2D eigenvalue weighted by molar-refractivity contribution is 0.299. The smallest absolute Gasteiger partial charge is 0.139 e. The van der Waals surface area contributed by atoms with Gasteiger partial charge in [0.15, 0.2) is 0 Å². The SMILES string of the molecule is CN[C@H]1C[C@@H](N(C)c2c(C#N)cnc3[nH]ccc23)C1. The number of aromatic nitrogens is 2. The normalized spacial score (nSPS) is 21.9. The van der Waals surface area contributed by atoms with E-state index in [1.54, 1.807) is 6.20 Å². The fraction of sp³-hybridized carbons (Fsp3) is 0.429. The third-order valence-corrected chi connectivity index (χ3v) is 4.10. The summed E-state index contributed by atoms with van der Waals surface area (Å²) in [6.07, 6.45) is 5.75. The van der Waals surface area contributed by atoms with Crippen molar-refractivity contribution >= 4 is 16.7 Å². The summed E-state index contributed by atoms with van der Waals surface area (Å²) in [5.74, 6) is 0. The van der Waals surface area contributed by atoms with Crippen molar-refractivity contribution in [3.8, 4) is 6.07 Å². The number of nitrogens with one attached hydrogen (secondary N) is 2. The number of rotatable bonds is 3. The van der Waals surface area contributed by atoms with E-state index in [0.717, 1.165) is 29.6 Å². The number of H-pyrrole nitrogens is 1. The summed E-state index contributed by atoms with van der Waals surface area (Å²) in [4.78, 5) is 9.60. The van der Waals surface area contributed by atoms with Gasteiger partial charge >= 0.3 is 0 Å². The van der Waals surface area contributed by atoms with Gasteiger partial charge in [0.05, 0.1) is 11.3 Å². The Morgan fingerprint density at radius 3 is 3.00 bits per heavy atom. The summed E-state index contributed by atoms with van der Waals surface area (Å²) in [5.41, 5.74) is 2.47. The van der Waals surface area contributed by atoms with Crippen molar-refractivity contribution in [1.29, 1.82) is 5.26 Å². The van der Waals surface area contributed by atoms with Crippen LogP contribution in [-0.2, 0) is 0 Å². The van der Waals surface area contributed by atoms with Crippen LogP contribution >= 0.6 is 0 Å². The molecular weight excluding hydrogens is 238 g/mol. The van der Waals surface area contributed by atoms with Crippen molar-refractivity contribution in [1.82, 2.24) is 15.3 Å². The Morgan fingerprint density at radius 1 is 1.53 bits per heavy atom. The molecule has 5 heteroatoms. The number of pyridine rings is 1. The molecule has 5 nitrogen and oxygen atoms in total. The van der Waals surface area contributed by atoms with Crippen molar-refractivity contribution in [2.24, 2.45) is 0 Å². The second kappa shape index (κ2) is 4.56. The molecule has 1 saturated carbocycles. The van der Waals surface area contributed by atoms with Crippen LogP contribution in [0.15, 0.2) is 18.5 Å². The Hall–Kier alpha value is -2.06. The van der Waals surface area contributed by atoms with Gasteiger partial charge in [0.1, 0.15) is 11.7 Å². The van der Waals surface area contributed by atoms with Gasteiger partial charge in [-0.1, -0.05) is 0 Å². The third kappa shape index (κ3) is 1.85. The molecule has 1 aliphatic rings. The molecule has 0 amide bonds. The van der Waals surface area contributed by atoms with Gasteiger partial charge in [-0.15, -0.1) is 0 Å². The molecule has 19 heavy (non-hydrogen) atoms. The number of nitriles is 1. The minimum atomic E-state index is 0.491. The molecule has 3 rings (SSSR count). The predicted molar refractivity (Wildman–Crippen MR) is 75.1 cm³/mol. The van der Waals surface area contributed by atoms with Gasteiger partial charge < -0.3 is 15.2 Å². The van der Waals surface area contributed by atoms with Crippen LogP contribution in [0.3, 0.4) is 0 Å². The second-order valence-electron chi connectivity index (χ2n) is 5.09. The molecule has 2 heterocycles. The lowest BCUT2D eigenvalue weighted by Gasteiger charge is -2.42. The fourth-order valence-electron chi connectivity index (χ4n) is 2.78. The number of fused-ring (bicyclic) bond motifs is 1. The van der Waals surface area contributed by atoms with Crippen LogP contribution in [0.4, 0.5) is 5.69 Å². The largest absolute Gasteiger partial charge is 0.370 e. The first-order chi connectivity index (χ1) is 9.24. The third-order valence-electron chi connectivity index (χ3n) is 4.10. The molecule has 0 radical (unpaired) electrons. The van der Waals surface area contributed by atoms with Crippen molar-refractivity contribution < 1.29 is 0 Å². The number of hydrogen-bond acceptors (Lipinski definition) is 4. The van der Waals surface area contributed by atoms with Crippen molar-refractivity contribution in [3.05, 3.63) is 24.0 Å². The highest BCUT2D eigenvalue weighted by molar-refractivity contribution is 5.93. The summed E-state index contributed by atoms with van der Waals surface area (Å²) >= 11 is 0. The Bertz CT molecular complexity index is 633. The highest BCUT2D eigenvalue weighted by Gasteiger charge is 2.32. The lowest BCUT2D eigenvalue weighted by Crippen LogP contribution is -2.50. The fourth-order valence-corrected chi connectivity index (χ4v) is 2.78. The van der Waals surface area contributed by atoms with Crippen LogP contribution in [0.5, 0.6) is 0 Å². The first kappa shape index (κ1) is 12.0. The molecule has 0 unspecified atom stereocenters. The molecule has 98 valence electrons. The molecule has 0 aromatic carbocycles. The molecule has 2 aromatic rings. The quantitative estimate of drug-likeness (QED) is 0.874. The monoisotopic (exact) mass is 255 g/mol. The van der Waals surface area contributed by atoms with Gasteiger partial charge in [-0.3, -0.25) is 0 Å². The molecule has 0 spiro atoms. The molecule has 2 aromatic heterocycles. The molecular formula is C14H17N5. The Labute approximate surface area is 112 Å². The van der Waals surface area contributed by atoms with Crippen LogP contribution in [0.2, 0.25) is 0 Å². The van der Waals surface area contributed by atoms with E-state index in [0.29, 0.717) is 17.6 Å². The maximum Gasteiger partial charge on any atom is 0.139 e. The van der Waals surface area contributed by atoms with E-state index in [2.05, 4.69) is 33.3 Å². The highest BCUT2D eigenvalue weighted by Crippen LogP contribution is 2.34. The summed E-state index contributed by atoms with van der Waals surface area (Å²) in [5, 5.41) is 13.6. The first-order valence-corrected chi connectivity index (χ1v) is 6.51. The van der Waals surface area contributed by atoms with Gasteiger partial charge in [-0.25, -0.2) is 4.98 Å².